The van der Waals surface area contributed by atoms with Gasteiger partial charge in [-0.3, -0.25) is 4.55 Å². The van der Waals surface area contributed by atoms with E-state index in [0.717, 1.165) is 0 Å². The maximum absolute atomic E-state index is 10.4. The van der Waals surface area contributed by atoms with E-state index in [-0.39, 0.29) is 4.90 Å². The molecule has 0 aliphatic carbocycles. The Bertz CT molecular complexity index is 483. The summed E-state index contributed by atoms with van der Waals surface area (Å²) in [6.45, 7) is 4.58. The van der Waals surface area contributed by atoms with E-state index >= 15 is 0 Å². The minimum Gasteiger partial charge on any atom is -0.282 e. The van der Waals surface area contributed by atoms with Crippen LogP contribution in [-0.4, -0.2) is 13.0 Å². The van der Waals surface area contributed by atoms with Crippen molar-refractivity contribution in [3.8, 4) is 0 Å². The zero-order valence-corrected chi connectivity index (χ0v) is 17.8. The fraction of sp³-hybridized carbons (Fsp3) is 0.727. The number of benzene rings is 1. The molecule has 0 aromatic heterocycles. The summed E-state index contributed by atoms with van der Waals surface area (Å²) in [7, 11) is -4.00. The quantitative estimate of drug-likeness (QED) is 0.268. The van der Waals surface area contributed by atoms with Crippen molar-refractivity contribution in [3.05, 3.63) is 30.3 Å². The smallest absolute Gasteiger partial charge is 0.282 e. The first-order valence-corrected chi connectivity index (χ1v) is 12.0. The van der Waals surface area contributed by atoms with Gasteiger partial charge in [0.25, 0.3) is 10.1 Å². The molecule has 152 valence electrons. The molecule has 0 amide bonds. The lowest BCUT2D eigenvalue weighted by Crippen LogP contribution is -1.96. The minimum absolute atomic E-state index is 0.0741. The second-order valence-corrected chi connectivity index (χ2v) is 8.45. The molecular weight excluding hydrogens is 344 g/mol. The van der Waals surface area contributed by atoms with E-state index in [2.05, 4.69) is 13.8 Å². The average Bonchev–Trinajstić information content (AvgIpc) is 2.63. The summed E-state index contributed by atoms with van der Waals surface area (Å²) >= 11 is 0. The van der Waals surface area contributed by atoms with Crippen molar-refractivity contribution in [3.63, 3.8) is 0 Å². The first kappa shape index (κ1) is 25.1. The van der Waals surface area contributed by atoms with Gasteiger partial charge in [0.05, 0.1) is 4.90 Å². The zero-order chi connectivity index (χ0) is 19.5. The van der Waals surface area contributed by atoms with E-state index in [1.165, 1.54) is 102 Å². The molecule has 1 aromatic carbocycles. The van der Waals surface area contributed by atoms with Crippen LogP contribution in [-0.2, 0) is 10.1 Å². The normalized spacial score (nSPS) is 11.0. The van der Waals surface area contributed by atoms with E-state index in [1.54, 1.807) is 18.2 Å². The Hall–Kier alpha value is -0.870. The van der Waals surface area contributed by atoms with Crippen molar-refractivity contribution in [1.82, 2.24) is 0 Å². The minimum atomic E-state index is -4.00. The van der Waals surface area contributed by atoms with Gasteiger partial charge in [-0.05, 0) is 12.1 Å². The van der Waals surface area contributed by atoms with Crippen molar-refractivity contribution in [2.45, 2.75) is 109 Å². The highest BCUT2D eigenvalue weighted by Crippen LogP contribution is 2.12. The first-order chi connectivity index (χ1) is 12.5. The molecule has 0 saturated carbocycles. The Morgan fingerprint density at radius 1 is 0.615 bits per heavy atom. The lowest BCUT2D eigenvalue weighted by Gasteiger charge is -2.02. The molecule has 0 aliphatic heterocycles. The first-order valence-electron chi connectivity index (χ1n) is 10.5. The highest BCUT2D eigenvalue weighted by molar-refractivity contribution is 7.85. The van der Waals surface area contributed by atoms with Crippen LogP contribution >= 0.6 is 0 Å². The molecule has 0 heterocycles. The molecule has 0 bridgehead atoms. The Balaban J connectivity index is 0.000000531. The van der Waals surface area contributed by atoms with Gasteiger partial charge in [0.15, 0.2) is 0 Å². The molecule has 1 aromatic rings. The summed E-state index contributed by atoms with van der Waals surface area (Å²) in [6.07, 6.45) is 20.4. The molecule has 26 heavy (non-hydrogen) atoms. The van der Waals surface area contributed by atoms with Gasteiger partial charge in [-0.1, -0.05) is 122 Å². The van der Waals surface area contributed by atoms with Crippen LogP contribution < -0.4 is 0 Å². The van der Waals surface area contributed by atoms with E-state index in [0.29, 0.717) is 0 Å². The molecule has 3 nitrogen and oxygen atoms in total. The molecule has 1 N–H and O–H groups in total. The summed E-state index contributed by atoms with van der Waals surface area (Å²) in [6, 6.07) is 7.42. The SMILES string of the molecule is CCCCCCCCCCCCCCCC.O=S(=O)(O)c1ccccc1. The third-order valence-corrected chi connectivity index (χ3v) is 5.37. The number of rotatable bonds is 14. The molecule has 0 spiro atoms. The largest absolute Gasteiger partial charge is 0.294 e. The Morgan fingerprint density at radius 2 is 0.923 bits per heavy atom. The van der Waals surface area contributed by atoms with Crippen LogP contribution in [0.3, 0.4) is 0 Å². The van der Waals surface area contributed by atoms with Crippen LogP contribution in [0.5, 0.6) is 0 Å². The van der Waals surface area contributed by atoms with Crippen LogP contribution in [0.1, 0.15) is 104 Å². The van der Waals surface area contributed by atoms with Crippen LogP contribution in [0.15, 0.2) is 35.2 Å². The molecule has 4 heteroatoms. The Morgan fingerprint density at radius 3 is 1.15 bits per heavy atom. The van der Waals surface area contributed by atoms with Crippen molar-refractivity contribution in [1.29, 1.82) is 0 Å². The molecule has 0 saturated heterocycles. The molecule has 0 radical (unpaired) electrons. The van der Waals surface area contributed by atoms with Crippen LogP contribution in [0.25, 0.3) is 0 Å². The van der Waals surface area contributed by atoms with E-state index in [1.807, 2.05) is 0 Å². The topological polar surface area (TPSA) is 54.4 Å². The van der Waals surface area contributed by atoms with Gasteiger partial charge in [-0.25, -0.2) is 0 Å². The van der Waals surface area contributed by atoms with Gasteiger partial charge >= 0.3 is 0 Å². The van der Waals surface area contributed by atoms with Crippen molar-refractivity contribution in [2.75, 3.05) is 0 Å². The molecule has 1 rings (SSSR count). The average molecular weight is 385 g/mol. The number of hydrogen-bond acceptors (Lipinski definition) is 2. The van der Waals surface area contributed by atoms with Gasteiger partial charge in [0.1, 0.15) is 0 Å². The Labute approximate surface area is 162 Å². The third-order valence-electron chi connectivity index (χ3n) is 4.50. The second kappa shape index (κ2) is 17.5. The molecule has 0 aliphatic rings. The fourth-order valence-corrected chi connectivity index (χ4v) is 3.36. The molecular formula is C22H40O3S. The van der Waals surface area contributed by atoms with Crippen molar-refractivity contribution >= 4 is 10.1 Å². The van der Waals surface area contributed by atoms with Gasteiger partial charge < -0.3 is 0 Å². The zero-order valence-electron chi connectivity index (χ0n) is 17.0. The van der Waals surface area contributed by atoms with E-state index < -0.39 is 10.1 Å². The fourth-order valence-electron chi connectivity index (χ4n) is 2.86. The lowest BCUT2D eigenvalue weighted by atomic mass is 10.0. The van der Waals surface area contributed by atoms with Gasteiger partial charge in [0.2, 0.25) is 0 Å². The third kappa shape index (κ3) is 16.6. The summed E-state index contributed by atoms with van der Waals surface area (Å²) < 4.78 is 29.2. The van der Waals surface area contributed by atoms with E-state index in [4.69, 9.17) is 4.55 Å². The summed E-state index contributed by atoms with van der Waals surface area (Å²) in [4.78, 5) is -0.0741. The monoisotopic (exact) mass is 384 g/mol. The summed E-state index contributed by atoms with van der Waals surface area (Å²) in [5.41, 5.74) is 0. The Kier molecular flexibility index (Phi) is 17.0. The van der Waals surface area contributed by atoms with Crippen LogP contribution in [0, 0.1) is 0 Å². The second-order valence-electron chi connectivity index (χ2n) is 7.03. The van der Waals surface area contributed by atoms with Crippen LogP contribution in [0.2, 0.25) is 0 Å². The maximum atomic E-state index is 10.4. The highest BCUT2D eigenvalue weighted by atomic mass is 32.2. The van der Waals surface area contributed by atoms with Crippen molar-refractivity contribution < 1.29 is 13.0 Å². The molecule has 0 fully saturated rings. The summed E-state index contributed by atoms with van der Waals surface area (Å²) in [5.74, 6) is 0. The predicted molar refractivity (Wildman–Crippen MR) is 112 cm³/mol. The van der Waals surface area contributed by atoms with Crippen molar-refractivity contribution in [2.24, 2.45) is 0 Å². The lowest BCUT2D eigenvalue weighted by molar-refractivity contribution is 0.483. The summed E-state index contributed by atoms with van der Waals surface area (Å²) in [5, 5.41) is 0. The predicted octanol–water partition coefficient (Wildman–Crippen LogP) is 7.42. The number of hydrogen-bond donors (Lipinski definition) is 1. The van der Waals surface area contributed by atoms with Gasteiger partial charge in [-0.2, -0.15) is 8.42 Å². The van der Waals surface area contributed by atoms with E-state index in [9.17, 15) is 8.42 Å². The number of unbranched alkanes of at least 4 members (excludes halogenated alkanes) is 13. The standard InChI is InChI=1S/C16H34.C6H6O3S/c1-3-5-7-9-11-13-15-16-14-12-10-8-6-4-2;7-10(8,9)6-4-2-1-3-5-6/h3-16H2,1-2H3;1-5H,(H,7,8,9). The molecule has 0 unspecified atom stereocenters. The van der Waals surface area contributed by atoms with Crippen LogP contribution in [0.4, 0.5) is 0 Å². The van der Waals surface area contributed by atoms with Gasteiger partial charge in [-0.15, -0.1) is 0 Å². The maximum Gasteiger partial charge on any atom is 0.294 e. The highest BCUT2D eigenvalue weighted by Gasteiger charge is 2.05. The molecule has 0 atom stereocenters. The van der Waals surface area contributed by atoms with Gasteiger partial charge in [0, 0.05) is 0 Å².